The standard InChI is InChI=1S/C14H21F3N2O/c1-9(2)7-18-8-12-5-10(3)19-13(6-12)20-11(4)14(15,16)17/h5-6,9,11,18H,7-8H2,1-4H3. The molecule has 0 aliphatic rings. The molecule has 0 aliphatic carbocycles. The summed E-state index contributed by atoms with van der Waals surface area (Å²) in [5.74, 6) is 0.523. The van der Waals surface area contributed by atoms with Crippen molar-refractivity contribution in [1.29, 1.82) is 0 Å². The second-order valence-corrected chi connectivity index (χ2v) is 5.28. The Hall–Kier alpha value is -1.30. The van der Waals surface area contributed by atoms with Gasteiger partial charge in [0.25, 0.3) is 0 Å². The molecule has 1 aromatic rings. The second kappa shape index (κ2) is 6.92. The molecule has 0 aromatic carbocycles. The third-order valence-electron chi connectivity index (χ3n) is 2.63. The molecule has 0 bridgehead atoms. The van der Waals surface area contributed by atoms with E-state index in [0.717, 1.165) is 19.0 Å². The summed E-state index contributed by atoms with van der Waals surface area (Å²) in [4.78, 5) is 3.98. The maximum Gasteiger partial charge on any atom is 0.425 e. The topological polar surface area (TPSA) is 34.1 Å². The van der Waals surface area contributed by atoms with Crippen molar-refractivity contribution in [2.75, 3.05) is 6.54 Å². The van der Waals surface area contributed by atoms with E-state index in [-0.39, 0.29) is 5.88 Å². The molecular weight excluding hydrogens is 269 g/mol. The van der Waals surface area contributed by atoms with E-state index in [2.05, 4.69) is 24.1 Å². The fraction of sp³-hybridized carbons (Fsp3) is 0.643. The van der Waals surface area contributed by atoms with Gasteiger partial charge < -0.3 is 10.1 Å². The summed E-state index contributed by atoms with van der Waals surface area (Å²) in [6.45, 7) is 8.31. The first-order chi connectivity index (χ1) is 9.18. The van der Waals surface area contributed by atoms with Crippen LogP contribution >= 0.6 is 0 Å². The van der Waals surface area contributed by atoms with Crippen LogP contribution in [0.25, 0.3) is 0 Å². The van der Waals surface area contributed by atoms with Crippen molar-refractivity contribution in [2.24, 2.45) is 5.92 Å². The predicted molar refractivity (Wildman–Crippen MR) is 71.7 cm³/mol. The van der Waals surface area contributed by atoms with E-state index < -0.39 is 12.3 Å². The number of hydrogen-bond acceptors (Lipinski definition) is 3. The molecule has 1 rings (SSSR count). The lowest BCUT2D eigenvalue weighted by Crippen LogP contribution is -2.31. The van der Waals surface area contributed by atoms with Crippen molar-refractivity contribution in [3.05, 3.63) is 23.4 Å². The zero-order valence-electron chi connectivity index (χ0n) is 12.2. The number of hydrogen-bond donors (Lipinski definition) is 1. The molecule has 1 atom stereocenters. The van der Waals surface area contributed by atoms with Crippen LogP contribution < -0.4 is 10.1 Å². The Morgan fingerprint density at radius 3 is 2.45 bits per heavy atom. The predicted octanol–water partition coefficient (Wildman–Crippen LogP) is 3.47. The van der Waals surface area contributed by atoms with Gasteiger partial charge in [-0.05, 0) is 37.9 Å². The van der Waals surface area contributed by atoms with Crippen molar-refractivity contribution in [1.82, 2.24) is 10.3 Å². The summed E-state index contributed by atoms with van der Waals surface area (Å²) >= 11 is 0. The Bertz CT molecular complexity index is 433. The molecule has 0 aliphatic heterocycles. The Morgan fingerprint density at radius 1 is 1.25 bits per heavy atom. The molecule has 1 unspecified atom stereocenters. The van der Waals surface area contributed by atoms with Gasteiger partial charge in [-0.15, -0.1) is 0 Å². The van der Waals surface area contributed by atoms with Crippen LogP contribution in [0.5, 0.6) is 5.88 Å². The van der Waals surface area contributed by atoms with E-state index in [9.17, 15) is 13.2 Å². The lowest BCUT2D eigenvalue weighted by molar-refractivity contribution is -0.190. The van der Waals surface area contributed by atoms with Crippen LogP contribution in [-0.2, 0) is 6.54 Å². The summed E-state index contributed by atoms with van der Waals surface area (Å²) in [7, 11) is 0. The van der Waals surface area contributed by atoms with Crippen LogP contribution in [0, 0.1) is 12.8 Å². The van der Waals surface area contributed by atoms with Crippen LogP contribution in [0.1, 0.15) is 32.0 Å². The smallest absolute Gasteiger partial charge is 0.425 e. The fourth-order valence-corrected chi connectivity index (χ4v) is 1.62. The Labute approximate surface area is 117 Å². The molecule has 6 heteroatoms. The summed E-state index contributed by atoms with van der Waals surface area (Å²) in [6, 6.07) is 3.38. The lowest BCUT2D eigenvalue weighted by Gasteiger charge is -2.18. The van der Waals surface area contributed by atoms with Gasteiger partial charge in [-0.1, -0.05) is 13.8 Å². The SMILES string of the molecule is Cc1cc(CNCC(C)C)cc(OC(C)C(F)(F)F)n1. The molecule has 0 fully saturated rings. The van der Waals surface area contributed by atoms with Gasteiger partial charge in [-0.2, -0.15) is 13.2 Å². The maximum atomic E-state index is 12.5. The lowest BCUT2D eigenvalue weighted by atomic mass is 10.2. The minimum Gasteiger partial charge on any atom is -0.465 e. The van der Waals surface area contributed by atoms with E-state index >= 15 is 0 Å². The number of halogens is 3. The molecule has 0 saturated heterocycles. The highest BCUT2D eigenvalue weighted by Gasteiger charge is 2.38. The molecular formula is C14H21F3N2O. The third kappa shape index (κ3) is 5.77. The average molecular weight is 290 g/mol. The van der Waals surface area contributed by atoms with Gasteiger partial charge >= 0.3 is 6.18 Å². The van der Waals surface area contributed by atoms with Gasteiger partial charge in [-0.3, -0.25) is 0 Å². The monoisotopic (exact) mass is 290 g/mol. The van der Waals surface area contributed by atoms with Gasteiger partial charge in [-0.25, -0.2) is 4.98 Å². The first-order valence-corrected chi connectivity index (χ1v) is 6.60. The summed E-state index contributed by atoms with van der Waals surface area (Å²) in [5, 5.41) is 3.23. The first kappa shape index (κ1) is 16.8. The minimum atomic E-state index is -4.39. The largest absolute Gasteiger partial charge is 0.465 e. The van der Waals surface area contributed by atoms with Crippen molar-refractivity contribution in [2.45, 2.75) is 46.5 Å². The van der Waals surface area contributed by atoms with Crippen molar-refractivity contribution < 1.29 is 17.9 Å². The number of nitrogens with one attached hydrogen (secondary N) is 1. The van der Waals surface area contributed by atoms with Gasteiger partial charge in [0, 0.05) is 18.3 Å². The normalized spacial score (nSPS) is 13.6. The molecule has 3 nitrogen and oxygen atoms in total. The number of nitrogens with zero attached hydrogens (tertiary/aromatic N) is 1. The van der Waals surface area contributed by atoms with Crippen LogP contribution in [0.3, 0.4) is 0 Å². The highest BCUT2D eigenvalue weighted by molar-refractivity contribution is 5.24. The summed E-state index contributed by atoms with van der Waals surface area (Å²) < 4.78 is 42.3. The van der Waals surface area contributed by atoms with Crippen LogP contribution in [0.2, 0.25) is 0 Å². The minimum absolute atomic E-state index is 0.0103. The van der Waals surface area contributed by atoms with Crippen LogP contribution in [-0.4, -0.2) is 23.8 Å². The molecule has 0 amide bonds. The Morgan fingerprint density at radius 2 is 1.90 bits per heavy atom. The number of pyridine rings is 1. The van der Waals surface area contributed by atoms with Crippen LogP contribution in [0.15, 0.2) is 12.1 Å². The molecule has 1 heterocycles. The average Bonchev–Trinajstić information content (AvgIpc) is 2.26. The Balaban J connectivity index is 2.71. The van der Waals surface area contributed by atoms with E-state index in [1.54, 1.807) is 13.0 Å². The first-order valence-electron chi connectivity index (χ1n) is 6.60. The zero-order valence-corrected chi connectivity index (χ0v) is 12.2. The maximum absolute atomic E-state index is 12.5. The second-order valence-electron chi connectivity index (χ2n) is 5.28. The van der Waals surface area contributed by atoms with Gasteiger partial charge in [0.05, 0.1) is 0 Å². The highest BCUT2D eigenvalue weighted by Crippen LogP contribution is 2.24. The number of aromatic nitrogens is 1. The zero-order chi connectivity index (χ0) is 15.3. The van der Waals surface area contributed by atoms with Gasteiger partial charge in [0.2, 0.25) is 5.88 Å². The van der Waals surface area contributed by atoms with Crippen LogP contribution in [0.4, 0.5) is 13.2 Å². The third-order valence-corrected chi connectivity index (χ3v) is 2.63. The quantitative estimate of drug-likeness (QED) is 0.871. The van der Waals surface area contributed by atoms with Crippen molar-refractivity contribution in [3.63, 3.8) is 0 Å². The van der Waals surface area contributed by atoms with Gasteiger partial charge in [0.1, 0.15) is 0 Å². The molecule has 0 radical (unpaired) electrons. The summed E-state index contributed by atoms with van der Waals surface area (Å²) in [5.41, 5.74) is 1.50. The van der Waals surface area contributed by atoms with Crippen molar-refractivity contribution in [3.8, 4) is 5.88 Å². The molecule has 114 valence electrons. The number of aryl methyl sites for hydroxylation is 1. The highest BCUT2D eigenvalue weighted by atomic mass is 19.4. The van der Waals surface area contributed by atoms with Crippen molar-refractivity contribution >= 4 is 0 Å². The molecule has 1 N–H and O–H groups in total. The van der Waals surface area contributed by atoms with E-state index in [1.807, 2.05) is 6.07 Å². The molecule has 20 heavy (non-hydrogen) atoms. The van der Waals surface area contributed by atoms with E-state index in [4.69, 9.17) is 4.74 Å². The number of ether oxygens (including phenoxy) is 1. The van der Waals surface area contributed by atoms with Gasteiger partial charge in [0.15, 0.2) is 6.10 Å². The molecule has 0 spiro atoms. The molecule has 0 saturated carbocycles. The van der Waals surface area contributed by atoms with E-state index in [0.29, 0.717) is 18.2 Å². The van der Waals surface area contributed by atoms with E-state index in [1.165, 1.54) is 0 Å². The number of rotatable bonds is 6. The summed E-state index contributed by atoms with van der Waals surface area (Å²) in [6.07, 6.45) is -6.25. The molecule has 1 aromatic heterocycles. The Kier molecular flexibility index (Phi) is 5.80. The number of alkyl halides is 3. The fourth-order valence-electron chi connectivity index (χ4n) is 1.62.